The molecule has 0 aliphatic heterocycles. The molecule has 0 bridgehead atoms. The van der Waals surface area contributed by atoms with E-state index < -0.39 is 11.9 Å². The molecule has 0 aromatic heterocycles. The minimum atomic E-state index is -0.623. The van der Waals surface area contributed by atoms with Crippen LogP contribution in [0.25, 0.3) is 0 Å². The van der Waals surface area contributed by atoms with Crippen LogP contribution in [-0.4, -0.2) is 46.5 Å². The summed E-state index contributed by atoms with van der Waals surface area (Å²) in [7, 11) is 4.39. The topological polar surface area (TPSA) is 89.5 Å². The van der Waals surface area contributed by atoms with Crippen molar-refractivity contribution in [3.63, 3.8) is 0 Å². The second-order valence-electron chi connectivity index (χ2n) is 6.63. The molecule has 8 nitrogen and oxygen atoms in total. The van der Waals surface area contributed by atoms with E-state index in [-0.39, 0.29) is 24.5 Å². The Morgan fingerprint density at radius 2 is 1.30 bits per heavy atom. The molecule has 8 heteroatoms. The predicted octanol–water partition coefficient (Wildman–Crippen LogP) is 4.17. The van der Waals surface area contributed by atoms with Crippen molar-refractivity contribution < 1.29 is 38.0 Å². The Morgan fingerprint density at radius 3 is 1.88 bits per heavy atom. The summed E-state index contributed by atoms with van der Waals surface area (Å²) in [6, 6.07) is 18.3. The van der Waals surface area contributed by atoms with Gasteiger partial charge in [-0.1, -0.05) is 18.2 Å². The average Bonchev–Trinajstić information content (AvgIpc) is 2.86. The monoisotopic (exact) mass is 452 g/mol. The van der Waals surface area contributed by atoms with Crippen LogP contribution in [0.4, 0.5) is 0 Å². The second-order valence-corrected chi connectivity index (χ2v) is 6.63. The van der Waals surface area contributed by atoms with Crippen LogP contribution in [-0.2, 0) is 4.74 Å². The zero-order valence-electron chi connectivity index (χ0n) is 18.5. The molecule has 0 N–H and O–H groups in total. The van der Waals surface area contributed by atoms with Gasteiger partial charge in [-0.05, 0) is 48.5 Å². The van der Waals surface area contributed by atoms with Crippen molar-refractivity contribution in [2.75, 3.05) is 34.5 Å². The molecule has 0 radical (unpaired) electrons. The summed E-state index contributed by atoms with van der Waals surface area (Å²) in [5, 5.41) is 0. The summed E-state index contributed by atoms with van der Waals surface area (Å²) >= 11 is 0. The lowest BCUT2D eigenvalue weighted by atomic mass is 10.1. The summed E-state index contributed by atoms with van der Waals surface area (Å²) in [4.78, 5) is 24.8. The molecule has 0 saturated carbocycles. The van der Waals surface area contributed by atoms with Gasteiger partial charge >= 0.3 is 11.9 Å². The smallest absolute Gasteiger partial charge is 0.343 e. The van der Waals surface area contributed by atoms with Gasteiger partial charge in [-0.2, -0.15) is 0 Å². The summed E-state index contributed by atoms with van der Waals surface area (Å²) < 4.78 is 31.8. The highest BCUT2D eigenvalue weighted by atomic mass is 16.6. The molecule has 0 unspecified atom stereocenters. The SMILES string of the molecule is COc1cc(C(=O)Oc2ccc(C(=O)OCCOc3ccccc3)cc2)cc(OC)c1OC. The van der Waals surface area contributed by atoms with E-state index in [2.05, 4.69) is 0 Å². The van der Waals surface area contributed by atoms with Gasteiger partial charge in [0, 0.05) is 0 Å². The van der Waals surface area contributed by atoms with Crippen LogP contribution in [0.3, 0.4) is 0 Å². The van der Waals surface area contributed by atoms with Crippen LogP contribution in [0.5, 0.6) is 28.7 Å². The molecule has 0 spiro atoms. The molecule has 0 fully saturated rings. The normalized spacial score (nSPS) is 10.2. The highest BCUT2D eigenvalue weighted by Crippen LogP contribution is 2.38. The maximum absolute atomic E-state index is 12.6. The fourth-order valence-electron chi connectivity index (χ4n) is 2.92. The lowest BCUT2D eigenvalue weighted by Gasteiger charge is -2.13. The standard InChI is InChI=1S/C25H24O8/c1-28-21-15-18(16-22(29-2)23(21)30-3)25(27)33-20-11-9-17(10-12-20)24(26)32-14-13-31-19-7-5-4-6-8-19/h4-12,15-16H,13-14H2,1-3H3. The largest absolute Gasteiger partial charge is 0.493 e. The van der Waals surface area contributed by atoms with Gasteiger partial charge < -0.3 is 28.4 Å². The Balaban J connectivity index is 1.56. The van der Waals surface area contributed by atoms with Gasteiger partial charge in [-0.25, -0.2) is 9.59 Å². The summed E-state index contributed by atoms with van der Waals surface area (Å²) in [6.45, 7) is 0.339. The van der Waals surface area contributed by atoms with Gasteiger partial charge in [0.2, 0.25) is 5.75 Å². The molecule has 3 aromatic rings. The van der Waals surface area contributed by atoms with Crippen molar-refractivity contribution in [2.45, 2.75) is 0 Å². The fraction of sp³-hybridized carbons (Fsp3) is 0.200. The van der Waals surface area contributed by atoms with Gasteiger partial charge in [0.05, 0.1) is 32.5 Å². The lowest BCUT2D eigenvalue weighted by Crippen LogP contribution is -2.13. The summed E-state index contributed by atoms with van der Waals surface area (Å²) in [6.07, 6.45) is 0. The average molecular weight is 452 g/mol. The summed E-state index contributed by atoms with van der Waals surface area (Å²) in [5.74, 6) is 0.867. The molecule has 0 saturated heterocycles. The maximum atomic E-state index is 12.6. The molecular formula is C25H24O8. The first-order valence-corrected chi connectivity index (χ1v) is 10.0. The van der Waals surface area contributed by atoms with Crippen LogP contribution in [0.2, 0.25) is 0 Å². The zero-order valence-corrected chi connectivity index (χ0v) is 18.5. The summed E-state index contributed by atoms with van der Waals surface area (Å²) in [5.41, 5.74) is 0.536. The van der Waals surface area contributed by atoms with Crippen LogP contribution in [0.15, 0.2) is 66.7 Å². The maximum Gasteiger partial charge on any atom is 0.343 e. The minimum absolute atomic E-state index is 0.103. The Hall–Kier alpha value is -4.20. The lowest BCUT2D eigenvalue weighted by molar-refractivity contribution is 0.0450. The van der Waals surface area contributed by atoms with Gasteiger partial charge in [0.25, 0.3) is 0 Å². The van der Waals surface area contributed by atoms with Crippen molar-refractivity contribution in [3.8, 4) is 28.7 Å². The van der Waals surface area contributed by atoms with Crippen molar-refractivity contribution in [1.82, 2.24) is 0 Å². The number of hydrogen-bond acceptors (Lipinski definition) is 8. The van der Waals surface area contributed by atoms with Crippen molar-refractivity contribution in [2.24, 2.45) is 0 Å². The first kappa shape index (κ1) is 23.5. The van der Waals surface area contributed by atoms with E-state index in [9.17, 15) is 9.59 Å². The first-order chi connectivity index (χ1) is 16.0. The second kappa shape index (κ2) is 11.4. The van der Waals surface area contributed by atoms with Crippen LogP contribution >= 0.6 is 0 Å². The molecule has 0 aliphatic carbocycles. The van der Waals surface area contributed by atoms with E-state index >= 15 is 0 Å². The van der Waals surface area contributed by atoms with Crippen molar-refractivity contribution in [1.29, 1.82) is 0 Å². The number of hydrogen-bond donors (Lipinski definition) is 0. The van der Waals surface area contributed by atoms with Gasteiger partial charge in [0.1, 0.15) is 24.7 Å². The molecular weight excluding hydrogens is 428 g/mol. The highest BCUT2D eigenvalue weighted by Gasteiger charge is 2.18. The zero-order chi connectivity index (χ0) is 23.6. The number of esters is 2. The number of methoxy groups -OCH3 is 3. The Labute approximate surface area is 191 Å². The van der Waals surface area contributed by atoms with E-state index in [1.54, 1.807) is 0 Å². The number of ether oxygens (including phenoxy) is 6. The van der Waals surface area contributed by atoms with Gasteiger partial charge in [-0.3, -0.25) is 0 Å². The minimum Gasteiger partial charge on any atom is -0.493 e. The number of para-hydroxylation sites is 1. The third-order valence-electron chi connectivity index (χ3n) is 4.53. The number of benzene rings is 3. The van der Waals surface area contributed by atoms with Crippen LogP contribution in [0, 0.1) is 0 Å². The van der Waals surface area contributed by atoms with Crippen LogP contribution in [0.1, 0.15) is 20.7 Å². The Kier molecular flexibility index (Phi) is 8.13. The van der Waals surface area contributed by atoms with Crippen molar-refractivity contribution in [3.05, 3.63) is 77.9 Å². The predicted molar refractivity (Wildman–Crippen MR) is 120 cm³/mol. The third-order valence-corrected chi connectivity index (χ3v) is 4.53. The third kappa shape index (κ3) is 6.16. The molecule has 3 rings (SSSR count). The molecule has 0 heterocycles. The fourth-order valence-corrected chi connectivity index (χ4v) is 2.92. The first-order valence-electron chi connectivity index (χ1n) is 10.0. The molecule has 172 valence electrons. The Bertz CT molecular complexity index is 1050. The van der Waals surface area contributed by atoms with Gasteiger partial charge in [-0.15, -0.1) is 0 Å². The Morgan fingerprint density at radius 1 is 0.667 bits per heavy atom. The number of rotatable bonds is 10. The van der Waals surface area contributed by atoms with E-state index in [1.807, 2.05) is 30.3 Å². The van der Waals surface area contributed by atoms with Crippen LogP contribution < -0.4 is 23.7 Å². The molecule has 3 aromatic carbocycles. The molecule has 0 amide bonds. The number of carbonyl (C=O) groups excluding carboxylic acids is 2. The molecule has 0 atom stereocenters. The molecule has 0 aliphatic rings. The molecule has 33 heavy (non-hydrogen) atoms. The number of carbonyl (C=O) groups is 2. The quantitative estimate of drug-likeness (QED) is 0.257. The van der Waals surface area contributed by atoms with Gasteiger partial charge in [0.15, 0.2) is 11.5 Å². The van der Waals surface area contributed by atoms with E-state index in [0.29, 0.717) is 28.6 Å². The van der Waals surface area contributed by atoms with Crippen molar-refractivity contribution >= 4 is 11.9 Å². The van der Waals surface area contributed by atoms with E-state index in [4.69, 9.17) is 28.4 Å². The van der Waals surface area contributed by atoms with E-state index in [0.717, 1.165) is 0 Å². The van der Waals surface area contributed by atoms with E-state index in [1.165, 1.54) is 57.7 Å². The highest BCUT2D eigenvalue weighted by molar-refractivity contribution is 5.93.